The van der Waals surface area contributed by atoms with Crippen molar-refractivity contribution >= 4 is 16.9 Å². The smallest absolute Gasteiger partial charge is 0.337 e. The average molecular weight is 355 g/mol. The zero-order valence-corrected chi connectivity index (χ0v) is 14.4. The Hall–Kier alpha value is -3.15. The van der Waals surface area contributed by atoms with Crippen LogP contribution in [-0.2, 0) is 6.54 Å². The van der Waals surface area contributed by atoms with E-state index in [1.165, 1.54) is 12.1 Å². The molecule has 0 aliphatic rings. The van der Waals surface area contributed by atoms with Crippen molar-refractivity contribution in [3.63, 3.8) is 0 Å². The maximum Gasteiger partial charge on any atom is 0.337 e. The van der Waals surface area contributed by atoms with Gasteiger partial charge in [0, 0.05) is 24.1 Å². The lowest BCUT2D eigenvalue weighted by Crippen LogP contribution is -2.24. The van der Waals surface area contributed by atoms with Crippen LogP contribution >= 0.6 is 0 Å². The number of hydrogen-bond donors (Lipinski definition) is 1. The molecule has 134 valence electrons. The van der Waals surface area contributed by atoms with Crippen molar-refractivity contribution in [1.82, 2.24) is 5.32 Å². The lowest BCUT2D eigenvalue weighted by molar-refractivity contribution is 0.0952. The molecular formula is C20H18FNO4. The minimum atomic E-state index is -0.619. The van der Waals surface area contributed by atoms with Gasteiger partial charge in [-0.2, -0.15) is 0 Å². The van der Waals surface area contributed by atoms with Crippen molar-refractivity contribution in [2.24, 2.45) is 0 Å². The van der Waals surface area contributed by atoms with Gasteiger partial charge in [0.15, 0.2) is 0 Å². The molecule has 0 saturated carbocycles. The van der Waals surface area contributed by atoms with Crippen molar-refractivity contribution in [2.75, 3.05) is 0 Å². The van der Waals surface area contributed by atoms with E-state index < -0.39 is 11.5 Å². The molecule has 0 radical (unpaired) electrons. The first kappa shape index (κ1) is 17.7. The Labute approximate surface area is 149 Å². The molecule has 0 unspecified atom stereocenters. The van der Waals surface area contributed by atoms with Crippen molar-refractivity contribution in [2.45, 2.75) is 26.5 Å². The minimum Gasteiger partial charge on any atom is -0.491 e. The summed E-state index contributed by atoms with van der Waals surface area (Å²) in [4.78, 5) is 24.3. The molecule has 0 bridgehead atoms. The van der Waals surface area contributed by atoms with Crippen LogP contribution in [0.2, 0.25) is 0 Å². The number of rotatable bonds is 5. The van der Waals surface area contributed by atoms with Gasteiger partial charge in [-0.15, -0.1) is 0 Å². The molecule has 0 aliphatic carbocycles. The van der Waals surface area contributed by atoms with Crippen molar-refractivity contribution in [3.8, 4) is 5.75 Å². The molecular weight excluding hydrogens is 337 g/mol. The Morgan fingerprint density at radius 3 is 2.58 bits per heavy atom. The summed E-state index contributed by atoms with van der Waals surface area (Å²) >= 11 is 0. The summed E-state index contributed by atoms with van der Waals surface area (Å²) in [6, 6.07) is 12.0. The predicted octanol–water partition coefficient (Wildman–Crippen LogP) is 3.65. The number of amides is 1. The van der Waals surface area contributed by atoms with Crippen molar-refractivity contribution in [1.29, 1.82) is 0 Å². The van der Waals surface area contributed by atoms with E-state index in [4.69, 9.17) is 9.15 Å². The quantitative estimate of drug-likeness (QED) is 0.710. The number of fused-ring (bicyclic) bond motifs is 1. The Kier molecular flexibility index (Phi) is 5.02. The Bertz CT molecular complexity index is 993. The van der Waals surface area contributed by atoms with E-state index in [1.54, 1.807) is 30.3 Å². The minimum absolute atomic E-state index is 0.0265. The van der Waals surface area contributed by atoms with E-state index in [0.717, 1.165) is 11.6 Å². The van der Waals surface area contributed by atoms with Gasteiger partial charge in [0.1, 0.15) is 17.1 Å². The van der Waals surface area contributed by atoms with Crippen molar-refractivity contribution in [3.05, 3.63) is 75.9 Å². The largest absolute Gasteiger partial charge is 0.491 e. The van der Waals surface area contributed by atoms with Gasteiger partial charge in [0.2, 0.25) is 0 Å². The summed E-state index contributed by atoms with van der Waals surface area (Å²) in [5.41, 5.74) is 0.628. The molecule has 1 aromatic heterocycles. The lowest BCUT2D eigenvalue weighted by Gasteiger charge is -2.11. The second-order valence-corrected chi connectivity index (χ2v) is 6.11. The predicted molar refractivity (Wildman–Crippen MR) is 95.8 cm³/mol. The maximum absolute atomic E-state index is 12.9. The molecule has 3 rings (SSSR count). The van der Waals surface area contributed by atoms with Crippen LogP contribution in [0.4, 0.5) is 4.39 Å². The fraction of sp³-hybridized carbons (Fsp3) is 0.200. The van der Waals surface area contributed by atoms with E-state index in [0.29, 0.717) is 11.1 Å². The third kappa shape index (κ3) is 4.08. The highest BCUT2D eigenvalue weighted by Gasteiger charge is 2.14. The Morgan fingerprint density at radius 1 is 1.15 bits per heavy atom. The number of halogens is 1. The van der Waals surface area contributed by atoms with E-state index in [9.17, 15) is 14.0 Å². The number of benzene rings is 2. The Balaban J connectivity index is 1.87. The van der Waals surface area contributed by atoms with E-state index >= 15 is 0 Å². The molecule has 6 heteroatoms. The first-order chi connectivity index (χ1) is 12.4. The van der Waals surface area contributed by atoms with Crippen LogP contribution < -0.4 is 15.7 Å². The molecule has 3 aromatic rings. The fourth-order valence-corrected chi connectivity index (χ4v) is 2.56. The monoisotopic (exact) mass is 355 g/mol. The molecule has 0 fully saturated rings. The van der Waals surface area contributed by atoms with Gasteiger partial charge in [-0.25, -0.2) is 9.18 Å². The number of carbonyl (C=O) groups is 1. The zero-order chi connectivity index (χ0) is 18.7. The highest BCUT2D eigenvalue weighted by Crippen LogP contribution is 2.23. The summed E-state index contributed by atoms with van der Waals surface area (Å²) in [5, 5.41) is 3.24. The summed E-state index contributed by atoms with van der Waals surface area (Å²) in [7, 11) is 0. The lowest BCUT2D eigenvalue weighted by atomic mass is 10.1. The standard InChI is InChI=1S/C20H18FNO4/c1-12(2)25-15-7-8-16-17(10-19(23)26-18(16)9-15)20(24)22-11-13-3-5-14(21)6-4-13/h3-10,12H,11H2,1-2H3,(H,22,24). The highest BCUT2D eigenvalue weighted by molar-refractivity contribution is 6.05. The van der Waals surface area contributed by atoms with Crippen LogP contribution in [0.25, 0.3) is 11.0 Å². The molecule has 2 aromatic carbocycles. The van der Waals surface area contributed by atoms with Gasteiger partial charge in [-0.1, -0.05) is 12.1 Å². The topological polar surface area (TPSA) is 68.5 Å². The number of carbonyl (C=O) groups excluding carboxylic acids is 1. The van der Waals surface area contributed by atoms with Crippen LogP contribution in [0.1, 0.15) is 29.8 Å². The molecule has 0 atom stereocenters. The van der Waals surface area contributed by atoms with Crippen LogP contribution in [0.3, 0.4) is 0 Å². The van der Waals surface area contributed by atoms with Gasteiger partial charge in [0.25, 0.3) is 5.91 Å². The number of nitrogens with one attached hydrogen (secondary N) is 1. The summed E-state index contributed by atoms with van der Waals surface area (Å²) < 4.78 is 23.7. The van der Waals surface area contributed by atoms with E-state index in [-0.39, 0.29) is 29.6 Å². The maximum atomic E-state index is 12.9. The van der Waals surface area contributed by atoms with Crippen LogP contribution in [0, 0.1) is 5.82 Å². The van der Waals surface area contributed by atoms with Crippen LogP contribution in [0.5, 0.6) is 5.75 Å². The summed E-state index contributed by atoms with van der Waals surface area (Å²) in [6.07, 6.45) is -0.0265. The molecule has 1 N–H and O–H groups in total. The first-order valence-corrected chi connectivity index (χ1v) is 8.19. The van der Waals surface area contributed by atoms with Crippen molar-refractivity contribution < 1.29 is 18.3 Å². The van der Waals surface area contributed by atoms with Gasteiger partial charge in [-0.05, 0) is 43.7 Å². The second-order valence-electron chi connectivity index (χ2n) is 6.11. The molecule has 5 nitrogen and oxygen atoms in total. The second kappa shape index (κ2) is 7.39. The first-order valence-electron chi connectivity index (χ1n) is 8.19. The van der Waals surface area contributed by atoms with E-state index in [2.05, 4.69) is 5.32 Å². The molecule has 0 spiro atoms. The average Bonchev–Trinajstić information content (AvgIpc) is 2.59. The molecule has 1 amide bonds. The van der Waals surface area contributed by atoms with E-state index in [1.807, 2.05) is 13.8 Å². The third-order valence-corrected chi connectivity index (χ3v) is 3.70. The summed E-state index contributed by atoms with van der Waals surface area (Å²) in [5.74, 6) is -0.199. The molecule has 0 aliphatic heterocycles. The molecule has 0 saturated heterocycles. The summed E-state index contributed by atoms with van der Waals surface area (Å²) in [6.45, 7) is 3.99. The van der Waals surface area contributed by atoms with Gasteiger partial charge in [0.05, 0.1) is 11.7 Å². The van der Waals surface area contributed by atoms with Gasteiger partial charge >= 0.3 is 5.63 Å². The van der Waals surface area contributed by atoms with Gasteiger partial charge < -0.3 is 14.5 Å². The molecule has 1 heterocycles. The fourth-order valence-electron chi connectivity index (χ4n) is 2.56. The zero-order valence-electron chi connectivity index (χ0n) is 14.4. The van der Waals surface area contributed by atoms with Crippen LogP contribution in [0.15, 0.2) is 57.7 Å². The molecule has 26 heavy (non-hydrogen) atoms. The van der Waals surface area contributed by atoms with Crippen LogP contribution in [-0.4, -0.2) is 12.0 Å². The Morgan fingerprint density at radius 2 is 1.88 bits per heavy atom. The normalized spacial score (nSPS) is 10.9. The SMILES string of the molecule is CC(C)Oc1ccc2c(C(=O)NCc3ccc(F)cc3)cc(=O)oc2c1. The van der Waals surface area contributed by atoms with Gasteiger partial charge in [-0.3, -0.25) is 4.79 Å². The number of hydrogen-bond acceptors (Lipinski definition) is 4. The number of ether oxygens (including phenoxy) is 1. The third-order valence-electron chi connectivity index (χ3n) is 3.70. The highest BCUT2D eigenvalue weighted by atomic mass is 19.1.